The third-order valence-corrected chi connectivity index (χ3v) is 2.70. The number of anilines is 1. The van der Waals surface area contributed by atoms with Gasteiger partial charge in [0.1, 0.15) is 5.75 Å². The minimum Gasteiger partial charge on any atom is -0.491 e. The van der Waals surface area contributed by atoms with Crippen LogP contribution in [0.4, 0.5) is 5.69 Å². The number of nitrogens with zero attached hydrogens (tertiary/aromatic N) is 2. The molecule has 2 aromatic rings. The lowest BCUT2D eigenvalue weighted by Gasteiger charge is -2.14. The number of benzene rings is 1. The number of para-hydroxylation sites is 2. The average Bonchev–Trinajstić information content (AvgIpc) is 2.80. The van der Waals surface area contributed by atoms with Crippen LogP contribution in [0.25, 0.3) is 0 Å². The van der Waals surface area contributed by atoms with Crippen LogP contribution in [0.15, 0.2) is 36.7 Å². The van der Waals surface area contributed by atoms with Gasteiger partial charge in [0.2, 0.25) is 0 Å². The smallest absolute Gasteiger partial charge is 0.142 e. The molecule has 4 nitrogen and oxygen atoms in total. The number of rotatable bonds is 6. The second kappa shape index (κ2) is 6.27. The van der Waals surface area contributed by atoms with Gasteiger partial charge in [0.15, 0.2) is 0 Å². The number of hydrogen-bond donors (Lipinski definition) is 1. The van der Waals surface area contributed by atoms with E-state index < -0.39 is 0 Å². The molecular weight excluding hydrogens is 238 g/mol. The number of ether oxygens (including phenoxy) is 1. The predicted octanol–water partition coefficient (Wildman–Crippen LogP) is 3.07. The van der Waals surface area contributed by atoms with Gasteiger partial charge in [-0.1, -0.05) is 26.0 Å². The predicted molar refractivity (Wildman–Crippen MR) is 77.3 cm³/mol. The van der Waals surface area contributed by atoms with Crippen LogP contribution in [-0.4, -0.2) is 16.4 Å². The Morgan fingerprint density at radius 1 is 1.32 bits per heavy atom. The first kappa shape index (κ1) is 13.5. The molecule has 102 valence electrons. The van der Waals surface area contributed by atoms with E-state index in [1.54, 1.807) is 4.68 Å². The summed E-state index contributed by atoms with van der Waals surface area (Å²) in [6.45, 7) is 5.76. The maximum absolute atomic E-state index is 5.81. The molecule has 1 aromatic heterocycles. The number of aryl methyl sites for hydroxylation is 1. The van der Waals surface area contributed by atoms with Crippen molar-refractivity contribution in [3.63, 3.8) is 0 Å². The number of aromatic nitrogens is 2. The van der Waals surface area contributed by atoms with E-state index in [2.05, 4.69) is 24.3 Å². The Hall–Kier alpha value is -1.97. The van der Waals surface area contributed by atoms with Crippen LogP contribution in [0.5, 0.6) is 5.75 Å². The highest BCUT2D eigenvalue weighted by molar-refractivity contribution is 5.56. The summed E-state index contributed by atoms with van der Waals surface area (Å²) in [4.78, 5) is 0. The number of hydrogen-bond acceptors (Lipinski definition) is 3. The van der Waals surface area contributed by atoms with E-state index in [-0.39, 0.29) is 0 Å². The molecule has 0 spiro atoms. The lowest BCUT2D eigenvalue weighted by atomic mass is 10.2. The summed E-state index contributed by atoms with van der Waals surface area (Å²) in [6, 6.07) is 8.03. The van der Waals surface area contributed by atoms with Crippen LogP contribution < -0.4 is 10.1 Å². The van der Waals surface area contributed by atoms with Gasteiger partial charge in [-0.2, -0.15) is 5.10 Å². The Labute approximate surface area is 114 Å². The minimum atomic E-state index is 0.520. The molecule has 0 atom stereocenters. The molecule has 0 saturated heterocycles. The van der Waals surface area contributed by atoms with Gasteiger partial charge in [-0.3, -0.25) is 4.68 Å². The molecule has 0 amide bonds. The van der Waals surface area contributed by atoms with Crippen LogP contribution >= 0.6 is 0 Å². The molecule has 19 heavy (non-hydrogen) atoms. The van der Waals surface area contributed by atoms with Crippen LogP contribution in [0, 0.1) is 5.92 Å². The first-order chi connectivity index (χ1) is 9.15. The standard InChI is InChI=1S/C15H21N3O/c1-12(2)11-19-15-7-5-4-6-14(15)16-8-13-9-17-18(3)10-13/h4-7,9-10,12,16H,8,11H2,1-3H3. The van der Waals surface area contributed by atoms with Crippen LogP contribution in [-0.2, 0) is 13.6 Å². The fraction of sp³-hybridized carbons (Fsp3) is 0.400. The topological polar surface area (TPSA) is 39.1 Å². The summed E-state index contributed by atoms with van der Waals surface area (Å²) in [5.74, 6) is 1.42. The van der Waals surface area contributed by atoms with Crippen molar-refractivity contribution in [2.75, 3.05) is 11.9 Å². The van der Waals surface area contributed by atoms with E-state index in [1.165, 1.54) is 0 Å². The van der Waals surface area contributed by atoms with Gasteiger partial charge in [0.25, 0.3) is 0 Å². The highest BCUT2D eigenvalue weighted by Crippen LogP contribution is 2.24. The highest BCUT2D eigenvalue weighted by atomic mass is 16.5. The molecule has 1 N–H and O–H groups in total. The second-order valence-electron chi connectivity index (χ2n) is 5.08. The van der Waals surface area contributed by atoms with E-state index in [4.69, 9.17) is 4.74 Å². The Morgan fingerprint density at radius 3 is 2.79 bits per heavy atom. The zero-order chi connectivity index (χ0) is 13.7. The van der Waals surface area contributed by atoms with Crippen LogP contribution in [0.3, 0.4) is 0 Å². The van der Waals surface area contributed by atoms with E-state index in [0.717, 1.165) is 30.2 Å². The fourth-order valence-electron chi connectivity index (χ4n) is 1.76. The van der Waals surface area contributed by atoms with E-state index in [0.29, 0.717) is 5.92 Å². The molecule has 0 fully saturated rings. The molecule has 0 radical (unpaired) electrons. The third kappa shape index (κ3) is 4.02. The summed E-state index contributed by atoms with van der Waals surface area (Å²) in [5, 5.41) is 7.54. The first-order valence-electron chi connectivity index (χ1n) is 6.58. The van der Waals surface area contributed by atoms with Gasteiger partial charge >= 0.3 is 0 Å². The molecule has 1 heterocycles. The van der Waals surface area contributed by atoms with Crippen molar-refractivity contribution in [2.24, 2.45) is 13.0 Å². The van der Waals surface area contributed by atoms with Gasteiger partial charge in [-0.05, 0) is 18.1 Å². The molecule has 0 aliphatic rings. The van der Waals surface area contributed by atoms with E-state index in [1.807, 2.05) is 43.7 Å². The maximum Gasteiger partial charge on any atom is 0.142 e. The van der Waals surface area contributed by atoms with Gasteiger partial charge in [-0.25, -0.2) is 0 Å². The average molecular weight is 259 g/mol. The van der Waals surface area contributed by atoms with Crippen molar-refractivity contribution < 1.29 is 4.74 Å². The van der Waals surface area contributed by atoms with Crippen LogP contribution in [0.1, 0.15) is 19.4 Å². The van der Waals surface area contributed by atoms with Crippen molar-refractivity contribution in [1.82, 2.24) is 9.78 Å². The molecule has 0 bridgehead atoms. The number of nitrogens with one attached hydrogen (secondary N) is 1. The van der Waals surface area contributed by atoms with E-state index in [9.17, 15) is 0 Å². The van der Waals surface area contributed by atoms with Crippen molar-refractivity contribution in [3.8, 4) is 5.75 Å². The van der Waals surface area contributed by atoms with Gasteiger partial charge < -0.3 is 10.1 Å². The Kier molecular flexibility index (Phi) is 4.44. The first-order valence-corrected chi connectivity index (χ1v) is 6.58. The van der Waals surface area contributed by atoms with Crippen molar-refractivity contribution >= 4 is 5.69 Å². The summed E-state index contributed by atoms with van der Waals surface area (Å²) in [7, 11) is 1.92. The monoisotopic (exact) mass is 259 g/mol. The molecule has 1 aromatic carbocycles. The lowest BCUT2D eigenvalue weighted by Crippen LogP contribution is -2.07. The molecule has 4 heteroatoms. The van der Waals surface area contributed by atoms with Crippen LogP contribution in [0.2, 0.25) is 0 Å². The molecule has 0 unspecified atom stereocenters. The van der Waals surface area contributed by atoms with Crippen molar-refractivity contribution in [1.29, 1.82) is 0 Å². The molecule has 0 aliphatic heterocycles. The normalized spacial score (nSPS) is 10.7. The molecule has 2 rings (SSSR count). The van der Waals surface area contributed by atoms with Gasteiger partial charge in [0.05, 0.1) is 18.5 Å². The minimum absolute atomic E-state index is 0.520. The highest BCUT2D eigenvalue weighted by Gasteiger charge is 2.04. The van der Waals surface area contributed by atoms with Crippen molar-refractivity contribution in [2.45, 2.75) is 20.4 Å². The fourth-order valence-corrected chi connectivity index (χ4v) is 1.76. The third-order valence-electron chi connectivity index (χ3n) is 2.70. The summed E-state index contributed by atoms with van der Waals surface area (Å²) >= 11 is 0. The maximum atomic E-state index is 5.81. The Balaban J connectivity index is 1.99. The Bertz CT molecular complexity index is 520. The summed E-state index contributed by atoms with van der Waals surface area (Å²) in [6.07, 6.45) is 3.87. The molecule has 0 aliphatic carbocycles. The van der Waals surface area contributed by atoms with Crippen molar-refractivity contribution in [3.05, 3.63) is 42.2 Å². The quantitative estimate of drug-likeness (QED) is 0.866. The van der Waals surface area contributed by atoms with E-state index >= 15 is 0 Å². The summed E-state index contributed by atoms with van der Waals surface area (Å²) < 4.78 is 7.61. The second-order valence-corrected chi connectivity index (χ2v) is 5.08. The Morgan fingerprint density at radius 2 is 2.11 bits per heavy atom. The van der Waals surface area contributed by atoms with Gasteiger partial charge in [-0.15, -0.1) is 0 Å². The SMILES string of the molecule is CC(C)COc1ccccc1NCc1cnn(C)c1. The lowest BCUT2D eigenvalue weighted by molar-refractivity contribution is 0.272. The largest absolute Gasteiger partial charge is 0.491 e. The van der Waals surface area contributed by atoms with Gasteiger partial charge in [0, 0.05) is 25.4 Å². The summed E-state index contributed by atoms with van der Waals surface area (Å²) in [5.41, 5.74) is 2.17. The zero-order valence-electron chi connectivity index (χ0n) is 11.8. The molecule has 0 saturated carbocycles. The zero-order valence-corrected chi connectivity index (χ0v) is 11.8. The molecular formula is C15H21N3O.